The van der Waals surface area contributed by atoms with Crippen LogP contribution in [-0.4, -0.2) is 25.2 Å². The van der Waals surface area contributed by atoms with Crippen molar-refractivity contribution in [3.05, 3.63) is 118 Å². The van der Waals surface area contributed by atoms with Crippen molar-refractivity contribution in [3.63, 3.8) is 0 Å². The molecule has 0 unspecified atom stereocenters. The van der Waals surface area contributed by atoms with Crippen LogP contribution in [0.4, 0.5) is 0 Å². The molecule has 0 aliphatic carbocycles. The number of nitrogens with zero attached hydrogens (tertiary/aromatic N) is 1. The third-order valence-electron chi connectivity index (χ3n) is 4.80. The summed E-state index contributed by atoms with van der Waals surface area (Å²) >= 11 is 3.40. The van der Waals surface area contributed by atoms with Crippen LogP contribution in [0, 0.1) is 13.8 Å². The lowest BCUT2D eigenvalue weighted by Crippen LogP contribution is -2.27. The molecule has 0 saturated carbocycles. The SMILES string of the molecule is C=CCN(/C=C(\OC(=O)c1ccc(C)cc1Br)c1ccccc1)S(=O)(=O)c1ccc(C)cc1. The first-order valence-corrected chi connectivity index (χ1v) is 12.4. The highest BCUT2D eigenvalue weighted by molar-refractivity contribution is 9.10. The quantitative estimate of drug-likeness (QED) is 0.202. The molecule has 0 aromatic heterocycles. The number of hydrogen-bond acceptors (Lipinski definition) is 4. The summed E-state index contributed by atoms with van der Waals surface area (Å²) in [7, 11) is -3.91. The Bertz CT molecular complexity index is 1280. The second kappa shape index (κ2) is 10.6. The van der Waals surface area contributed by atoms with Crippen molar-refractivity contribution in [3.8, 4) is 0 Å². The molecule has 0 fully saturated rings. The average molecular weight is 526 g/mol. The highest BCUT2D eigenvalue weighted by Gasteiger charge is 2.23. The number of sulfonamides is 1. The maximum atomic E-state index is 13.3. The summed E-state index contributed by atoms with van der Waals surface area (Å²) < 4.78 is 34.1. The van der Waals surface area contributed by atoms with Crippen LogP contribution in [0.15, 0.2) is 101 Å². The summed E-state index contributed by atoms with van der Waals surface area (Å²) in [6.45, 7) is 7.48. The Morgan fingerprint density at radius 1 is 1.00 bits per heavy atom. The van der Waals surface area contributed by atoms with Crippen LogP contribution in [0.3, 0.4) is 0 Å². The van der Waals surface area contributed by atoms with Crippen molar-refractivity contribution in [1.82, 2.24) is 4.31 Å². The van der Waals surface area contributed by atoms with Crippen molar-refractivity contribution in [2.24, 2.45) is 0 Å². The van der Waals surface area contributed by atoms with Crippen LogP contribution in [0.2, 0.25) is 0 Å². The van der Waals surface area contributed by atoms with Gasteiger partial charge in [-0.25, -0.2) is 13.2 Å². The second-order valence-corrected chi connectivity index (χ2v) is 10.2. The molecule has 0 N–H and O–H groups in total. The fourth-order valence-electron chi connectivity index (χ4n) is 3.03. The van der Waals surface area contributed by atoms with Crippen LogP contribution in [0.1, 0.15) is 27.0 Å². The van der Waals surface area contributed by atoms with E-state index < -0.39 is 16.0 Å². The molecule has 0 heterocycles. The first kappa shape index (κ1) is 24.5. The van der Waals surface area contributed by atoms with E-state index in [-0.39, 0.29) is 17.2 Å². The zero-order valence-electron chi connectivity index (χ0n) is 18.4. The van der Waals surface area contributed by atoms with Gasteiger partial charge in [0, 0.05) is 10.0 Å². The molecule has 0 aliphatic heterocycles. The highest BCUT2D eigenvalue weighted by Crippen LogP contribution is 2.25. The van der Waals surface area contributed by atoms with Crippen molar-refractivity contribution in [2.45, 2.75) is 18.7 Å². The smallest absolute Gasteiger partial charge is 0.344 e. The molecule has 0 amide bonds. The fourth-order valence-corrected chi connectivity index (χ4v) is 4.97. The zero-order chi connectivity index (χ0) is 24.0. The Labute approximate surface area is 203 Å². The van der Waals surface area contributed by atoms with Gasteiger partial charge in [0.05, 0.1) is 23.2 Å². The summed E-state index contributed by atoms with van der Waals surface area (Å²) in [5.41, 5.74) is 2.82. The van der Waals surface area contributed by atoms with Gasteiger partial charge in [-0.1, -0.05) is 60.2 Å². The monoisotopic (exact) mass is 525 g/mol. The van der Waals surface area contributed by atoms with E-state index in [0.29, 0.717) is 15.6 Å². The maximum Gasteiger partial charge on any atom is 0.344 e. The van der Waals surface area contributed by atoms with Gasteiger partial charge in [0.25, 0.3) is 10.0 Å². The summed E-state index contributed by atoms with van der Waals surface area (Å²) in [6, 6.07) is 20.7. The molecule has 0 aliphatic rings. The third-order valence-corrected chi connectivity index (χ3v) is 7.20. The van der Waals surface area contributed by atoms with Crippen LogP contribution >= 0.6 is 15.9 Å². The largest absolute Gasteiger partial charge is 0.421 e. The van der Waals surface area contributed by atoms with Crippen LogP contribution < -0.4 is 0 Å². The van der Waals surface area contributed by atoms with Gasteiger partial charge >= 0.3 is 5.97 Å². The van der Waals surface area contributed by atoms with E-state index in [4.69, 9.17) is 4.74 Å². The Kier molecular flexibility index (Phi) is 7.89. The molecule has 0 spiro atoms. The average Bonchev–Trinajstić information content (AvgIpc) is 2.79. The molecule has 0 atom stereocenters. The van der Waals surface area contributed by atoms with Crippen LogP contribution in [-0.2, 0) is 14.8 Å². The number of aryl methyl sites for hydroxylation is 2. The van der Waals surface area contributed by atoms with Crippen molar-refractivity contribution in [1.29, 1.82) is 0 Å². The number of rotatable bonds is 8. The Hall–Kier alpha value is -3.16. The zero-order valence-corrected chi connectivity index (χ0v) is 20.8. The molecule has 3 aromatic rings. The van der Waals surface area contributed by atoms with Crippen molar-refractivity contribution < 1.29 is 17.9 Å². The van der Waals surface area contributed by atoms with Gasteiger partial charge in [0.15, 0.2) is 5.76 Å². The molecule has 3 rings (SSSR count). The van der Waals surface area contributed by atoms with Crippen molar-refractivity contribution >= 4 is 37.7 Å². The molecule has 0 radical (unpaired) electrons. The Balaban J connectivity index is 2.06. The normalized spacial score (nSPS) is 11.7. The summed E-state index contributed by atoms with van der Waals surface area (Å²) in [4.78, 5) is 13.1. The molecular formula is C26H24BrNO4S. The van der Waals surface area contributed by atoms with Gasteiger partial charge in [0.1, 0.15) is 0 Å². The minimum atomic E-state index is -3.91. The lowest BCUT2D eigenvalue weighted by Gasteiger charge is -2.21. The number of benzene rings is 3. The van der Waals surface area contributed by atoms with Crippen molar-refractivity contribution in [2.75, 3.05) is 6.54 Å². The lowest BCUT2D eigenvalue weighted by molar-refractivity contribution is 0.0689. The standard InChI is InChI=1S/C26H24BrNO4S/c1-4-16-28(33(30,31)22-13-10-19(2)11-14-22)18-25(21-8-6-5-7-9-21)32-26(29)23-15-12-20(3)17-24(23)27/h4-15,17-18H,1,16H2,2-3H3/b25-18-. The minimum Gasteiger partial charge on any atom is -0.421 e. The lowest BCUT2D eigenvalue weighted by atomic mass is 10.1. The number of carbonyl (C=O) groups excluding carboxylic acids is 1. The molecule has 33 heavy (non-hydrogen) atoms. The number of halogens is 1. The fraction of sp³-hybridized carbons (Fsp3) is 0.115. The highest BCUT2D eigenvalue weighted by atomic mass is 79.9. The topological polar surface area (TPSA) is 63.7 Å². The minimum absolute atomic E-state index is 0.00167. The van der Waals surface area contributed by atoms with Gasteiger partial charge in [-0.3, -0.25) is 4.31 Å². The van der Waals surface area contributed by atoms with E-state index >= 15 is 0 Å². The van der Waals surface area contributed by atoms with E-state index in [1.807, 2.05) is 26.0 Å². The number of esters is 1. The maximum absolute atomic E-state index is 13.3. The number of carbonyl (C=O) groups is 1. The second-order valence-electron chi connectivity index (χ2n) is 7.41. The summed E-state index contributed by atoms with van der Waals surface area (Å²) in [6.07, 6.45) is 2.80. The van der Waals surface area contributed by atoms with E-state index in [1.165, 1.54) is 12.3 Å². The molecule has 0 bridgehead atoms. The number of ether oxygens (including phenoxy) is 1. The Morgan fingerprint density at radius 3 is 2.24 bits per heavy atom. The van der Waals surface area contributed by atoms with E-state index in [9.17, 15) is 13.2 Å². The molecule has 5 nitrogen and oxygen atoms in total. The first-order chi connectivity index (χ1) is 15.7. The summed E-state index contributed by atoms with van der Waals surface area (Å²) in [5.74, 6) is -0.506. The van der Waals surface area contributed by atoms with Gasteiger partial charge in [-0.2, -0.15) is 0 Å². The molecule has 3 aromatic carbocycles. The predicted octanol–water partition coefficient (Wildman–Crippen LogP) is 6.10. The van der Waals surface area contributed by atoms with Crippen LogP contribution in [0.25, 0.3) is 5.76 Å². The van der Waals surface area contributed by atoms with Gasteiger partial charge in [-0.15, -0.1) is 6.58 Å². The van der Waals surface area contributed by atoms with E-state index in [0.717, 1.165) is 15.4 Å². The first-order valence-electron chi connectivity index (χ1n) is 10.2. The number of hydrogen-bond donors (Lipinski definition) is 0. The summed E-state index contributed by atoms with van der Waals surface area (Å²) in [5, 5.41) is 0. The Morgan fingerprint density at radius 2 is 1.64 bits per heavy atom. The molecule has 7 heteroatoms. The van der Waals surface area contributed by atoms with E-state index in [2.05, 4.69) is 22.5 Å². The van der Waals surface area contributed by atoms with Gasteiger partial charge in [-0.05, 0) is 59.6 Å². The van der Waals surface area contributed by atoms with Gasteiger partial charge < -0.3 is 4.74 Å². The van der Waals surface area contributed by atoms with Gasteiger partial charge in [0.2, 0.25) is 0 Å². The molecule has 170 valence electrons. The molecular weight excluding hydrogens is 502 g/mol. The van der Waals surface area contributed by atoms with E-state index in [1.54, 1.807) is 60.7 Å². The predicted molar refractivity (Wildman–Crippen MR) is 134 cm³/mol. The van der Waals surface area contributed by atoms with Crippen LogP contribution in [0.5, 0.6) is 0 Å². The molecule has 0 saturated heterocycles. The third kappa shape index (κ3) is 6.00.